The largest absolute Gasteiger partial charge is 0.494 e. The Labute approximate surface area is 196 Å². The van der Waals surface area contributed by atoms with E-state index in [9.17, 15) is 22.7 Å². The quantitative estimate of drug-likeness (QED) is 0.514. The fraction of sp³-hybridized carbons (Fsp3) is 0.348. The third kappa shape index (κ3) is 4.10. The highest BCUT2D eigenvalue weighted by atomic mass is 32.2. The molecule has 0 spiro atoms. The van der Waals surface area contributed by atoms with Crippen molar-refractivity contribution in [1.29, 1.82) is 0 Å². The average Bonchev–Trinajstić information content (AvgIpc) is 3.31. The second-order valence-corrected chi connectivity index (χ2v) is 9.96. The minimum Gasteiger partial charge on any atom is -0.494 e. The van der Waals surface area contributed by atoms with Gasteiger partial charge in [0.1, 0.15) is 11.6 Å². The molecular formula is C23H23FN4O5S. The van der Waals surface area contributed by atoms with E-state index >= 15 is 0 Å². The zero-order valence-electron chi connectivity index (χ0n) is 18.6. The molecule has 11 heteroatoms. The summed E-state index contributed by atoms with van der Waals surface area (Å²) in [6.45, 7) is 11.6. The lowest BCUT2D eigenvalue weighted by Gasteiger charge is -2.17. The zero-order chi connectivity index (χ0) is 24.6. The second-order valence-electron chi connectivity index (χ2n) is 8.07. The number of halogens is 1. The van der Waals surface area contributed by atoms with Crippen LogP contribution in [0.1, 0.15) is 25.6 Å². The first-order valence-corrected chi connectivity index (χ1v) is 12.1. The van der Waals surface area contributed by atoms with Gasteiger partial charge in [-0.3, -0.25) is 14.3 Å². The Morgan fingerprint density at radius 1 is 1.29 bits per heavy atom. The van der Waals surface area contributed by atoms with Crippen LogP contribution in [0.5, 0.6) is 5.75 Å². The van der Waals surface area contributed by atoms with Crippen molar-refractivity contribution in [3.05, 3.63) is 65.4 Å². The summed E-state index contributed by atoms with van der Waals surface area (Å²) in [5, 5.41) is 14.2. The van der Waals surface area contributed by atoms with E-state index in [4.69, 9.17) is 11.3 Å². The van der Waals surface area contributed by atoms with Gasteiger partial charge in [-0.05, 0) is 49.4 Å². The number of benzene rings is 2. The fourth-order valence-electron chi connectivity index (χ4n) is 4.35. The second kappa shape index (κ2) is 9.04. The van der Waals surface area contributed by atoms with E-state index in [1.54, 1.807) is 19.1 Å². The van der Waals surface area contributed by atoms with Gasteiger partial charge < -0.3 is 9.84 Å². The summed E-state index contributed by atoms with van der Waals surface area (Å²) >= 11 is 0. The van der Waals surface area contributed by atoms with Gasteiger partial charge in [0.15, 0.2) is 0 Å². The van der Waals surface area contributed by atoms with Crippen molar-refractivity contribution in [2.24, 2.45) is 5.92 Å². The normalized spacial score (nSPS) is 20.9. The molecule has 1 aliphatic heterocycles. The molecule has 0 radical (unpaired) electrons. The van der Waals surface area contributed by atoms with Gasteiger partial charge in [-0.25, -0.2) is 19.4 Å². The highest BCUT2D eigenvalue weighted by molar-refractivity contribution is 7.89. The lowest BCUT2D eigenvalue weighted by Crippen LogP contribution is -2.35. The van der Waals surface area contributed by atoms with Crippen molar-refractivity contribution in [3.63, 3.8) is 0 Å². The van der Waals surface area contributed by atoms with E-state index < -0.39 is 39.9 Å². The molecule has 2 heterocycles. The summed E-state index contributed by atoms with van der Waals surface area (Å²) in [5.74, 6) is -1.57. The van der Waals surface area contributed by atoms with Crippen molar-refractivity contribution in [2.75, 3.05) is 13.2 Å². The van der Waals surface area contributed by atoms with Crippen LogP contribution in [0.2, 0.25) is 0 Å². The van der Waals surface area contributed by atoms with Crippen LogP contribution in [0.25, 0.3) is 15.7 Å². The van der Waals surface area contributed by atoms with Crippen molar-refractivity contribution in [1.82, 2.24) is 14.1 Å². The molecule has 0 aliphatic carbocycles. The van der Waals surface area contributed by atoms with Crippen molar-refractivity contribution in [2.45, 2.75) is 37.4 Å². The lowest BCUT2D eigenvalue weighted by molar-refractivity contribution is -0.136. The molecule has 0 unspecified atom stereocenters. The number of carboxylic acids is 1. The predicted molar refractivity (Wildman–Crippen MR) is 121 cm³/mol. The average molecular weight is 487 g/mol. The van der Waals surface area contributed by atoms with E-state index in [0.29, 0.717) is 23.3 Å². The van der Waals surface area contributed by atoms with Gasteiger partial charge in [-0.15, -0.1) is 4.31 Å². The summed E-state index contributed by atoms with van der Waals surface area (Å²) in [6.07, 6.45) is -1.37. The van der Waals surface area contributed by atoms with Crippen molar-refractivity contribution < 1.29 is 27.4 Å². The Morgan fingerprint density at radius 2 is 2.00 bits per heavy atom. The first kappa shape index (κ1) is 23.7. The first-order valence-electron chi connectivity index (χ1n) is 10.7. The SMILES string of the molecule is [C-]#[N+][C@@H]1[C@H](C)[C@@H](n2nc(CC(=O)O)c3ccc(F)cc32)CN1S(=O)(=O)c1ccc(OCC)cc1. The number of aliphatic carboxylic acids is 1. The van der Waals surface area contributed by atoms with Crippen LogP contribution in [0.4, 0.5) is 4.39 Å². The fourth-order valence-corrected chi connectivity index (χ4v) is 5.98. The molecule has 34 heavy (non-hydrogen) atoms. The third-order valence-electron chi connectivity index (χ3n) is 5.99. The number of ether oxygens (including phenoxy) is 1. The van der Waals surface area contributed by atoms with Crippen molar-refractivity contribution >= 4 is 26.9 Å². The highest BCUT2D eigenvalue weighted by Crippen LogP contribution is 2.39. The number of carbonyl (C=O) groups is 1. The molecule has 1 saturated heterocycles. The topological polar surface area (TPSA) is 106 Å². The van der Waals surface area contributed by atoms with Gasteiger partial charge in [0, 0.05) is 11.9 Å². The Morgan fingerprint density at radius 3 is 2.62 bits per heavy atom. The summed E-state index contributed by atoms with van der Waals surface area (Å²) < 4.78 is 48.9. The van der Waals surface area contributed by atoms with Crippen LogP contribution < -0.4 is 4.74 Å². The number of rotatable bonds is 7. The van der Waals surface area contributed by atoms with E-state index in [1.165, 1.54) is 35.0 Å². The number of nitrogens with zero attached hydrogens (tertiary/aromatic N) is 4. The van der Waals surface area contributed by atoms with E-state index in [2.05, 4.69) is 9.94 Å². The molecule has 4 rings (SSSR count). The first-order chi connectivity index (χ1) is 16.2. The van der Waals surface area contributed by atoms with Gasteiger partial charge in [-0.1, -0.05) is 6.92 Å². The highest BCUT2D eigenvalue weighted by Gasteiger charge is 2.51. The molecular weight excluding hydrogens is 463 g/mol. The minimum absolute atomic E-state index is 0.0281. The van der Waals surface area contributed by atoms with Crippen LogP contribution in [0, 0.1) is 18.3 Å². The number of carboxylic acid groups (broad SMARTS) is 1. The summed E-state index contributed by atoms with van der Waals surface area (Å²) in [5.41, 5.74) is 0.610. The molecule has 1 aromatic heterocycles. The predicted octanol–water partition coefficient (Wildman–Crippen LogP) is 3.33. The maximum absolute atomic E-state index is 14.1. The molecule has 9 nitrogen and oxygen atoms in total. The molecule has 3 aromatic rings. The van der Waals surface area contributed by atoms with Crippen LogP contribution in [0.3, 0.4) is 0 Å². The van der Waals surface area contributed by atoms with Gasteiger partial charge in [0.05, 0.1) is 41.1 Å². The van der Waals surface area contributed by atoms with Gasteiger partial charge in [0.25, 0.3) is 6.17 Å². The molecule has 178 valence electrons. The Bertz CT molecular complexity index is 1380. The van der Waals surface area contributed by atoms with Gasteiger partial charge in [0.2, 0.25) is 10.0 Å². The van der Waals surface area contributed by atoms with E-state index in [-0.39, 0.29) is 23.6 Å². The van der Waals surface area contributed by atoms with E-state index in [1.807, 2.05) is 6.92 Å². The molecule has 0 saturated carbocycles. The van der Waals surface area contributed by atoms with Crippen LogP contribution in [-0.4, -0.2) is 52.9 Å². The molecule has 0 bridgehead atoms. The number of aromatic nitrogens is 2. The Balaban J connectivity index is 1.75. The summed E-state index contributed by atoms with van der Waals surface area (Å²) in [7, 11) is -4.02. The number of sulfonamides is 1. The number of hydrogen-bond donors (Lipinski definition) is 1. The minimum atomic E-state index is -4.02. The maximum atomic E-state index is 14.1. The summed E-state index contributed by atoms with van der Waals surface area (Å²) in [6, 6.07) is 9.32. The Hall–Kier alpha value is -3.49. The molecule has 1 aliphatic rings. The molecule has 1 fully saturated rings. The number of hydrogen-bond acceptors (Lipinski definition) is 5. The van der Waals surface area contributed by atoms with Crippen LogP contribution in [0.15, 0.2) is 47.4 Å². The lowest BCUT2D eigenvalue weighted by atomic mass is 10.0. The Kier molecular flexibility index (Phi) is 6.29. The molecule has 2 aromatic carbocycles. The molecule has 0 amide bonds. The molecule has 1 N–H and O–H groups in total. The maximum Gasteiger partial charge on any atom is 0.309 e. The van der Waals surface area contributed by atoms with Gasteiger partial charge in [-0.2, -0.15) is 5.10 Å². The monoisotopic (exact) mass is 486 g/mol. The number of fused-ring (bicyclic) bond motifs is 1. The molecule has 3 atom stereocenters. The van der Waals surface area contributed by atoms with Crippen molar-refractivity contribution in [3.8, 4) is 5.75 Å². The standard InChI is InChI=1S/C23H23FN4O5S/c1-4-33-16-6-8-17(9-7-16)34(31,32)27-13-21(14(2)23(27)25-3)28-20-11-15(24)5-10-18(20)19(26-28)12-22(29)30/h5-11,14,21,23H,4,12-13H2,1-2H3,(H,29,30)/t14-,21+,23+/m1/s1. The zero-order valence-corrected chi connectivity index (χ0v) is 19.4. The third-order valence-corrected chi connectivity index (χ3v) is 7.84. The smallest absolute Gasteiger partial charge is 0.309 e. The van der Waals surface area contributed by atoms with Crippen LogP contribution >= 0.6 is 0 Å². The van der Waals surface area contributed by atoms with Gasteiger partial charge >= 0.3 is 5.97 Å². The van der Waals surface area contributed by atoms with E-state index in [0.717, 1.165) is 4.31 Å². The summed E-state index contributed by atoms with van der Waals surface area (Å²) in [4.78, 5) is 14.9. The van der Waals surface area contributed by atoms with Crippen LogP contribution in [-0.2, 0) is 21.2 Å².